The molecule has 2 aromatic rings. The van der Waals surface area contributed by atoms with E-state index in [-0.39, 0.29) is 40.0 Å². The normalized spacial score (nSPS) is 16.3. The molecule has 1 fully saturated rings. The fraction of sp³-hybridized carbons (Fsp3) is 0.320. The Labute approximate surface area is 224 Å². The third kappa shape index (κ3) is 7.51. The molecule has 4 rings (SSSR count). The number of pyridine rings is 1. The van der Waals surface area contributed by atoms with Gasteiger partial charge < -0.3 is 15.5 Å². The van der Waals surface area contributed by atoms with Gasteiger partial charge in [-0.25, -0.2) is 28.7 Å². The monoisotopic (exact) mass is 566 g/mol. The number of fused-ring (bicyclic) bond motifs is 1. The highest BCUT2D eigenvalue weighted by Crippen LogP contribution is 2.34. The first-order valence-corrected chi connectivity index (χ1v) is 12.3. The molecule has 208 valence electrons. The summed E-state index contributed by atoms with van der Waals surface area (Å²) in [4.78, 5) is 23.1. The Balaban J connectivity index is 0.00000205. The van der Waals surface area contributed by atoms with Crippen LogP contribution in [0.1, 0.15) is 13.3 Å². The zero-order valence-electron chi connectivity index (χ0n) is 21.4. The van der Waals surface area contributed by atoms with Crippen LogP contribution in [0.25, 0.3) is 23.2 Å². The molecule has 0 aromatic carbocycles. The number of nitrogens with zero attached hydrogens (tertiary/aromatic N) is 6. The lowest BCUT2D eigenvalue weighted by molar-refractivity contribution is 0.169. The lowest BCUT2D eigenvalue weighted by Crippen LogP contribution is -2.49. The Morgan fingerprint density at radius 2 is 1.95 bits per heavy atom. The van der Waals surface area contributed by atoms with Crippen molar-refractivity contribution in [2.24, 2.45) is 9.98 Å². The van der Waals surface area contributed by atoms with E-state index in [1.807, 2.05) is 4.90 Å². The van der Waals surface area contributed by atoms with Gasteiger partial charge in [0.1, 0.15) is 11.6 Å². The molecule has 0 radical (unpaired) electrons. The van der Waals surface area contributed by atoms with Crippen molar-refractivity contribution in [3.05, 3.63) is 52.4 Å². The number of anilines is 2. The molecule has 2 N–H and O–H groups in total. The lowest BCUT2D eigenvalue weighted by Gasteiger charge is -2.30. The van der Waals surface area contributed by atoms with E-state index in [1.54, 1.807) is 21.4 Å². The van der Waals surface area contributed by atoms with Crippen LogP contribution in [-0.4, -0.2) is 66.9 Å². The number of piperazine rings is 1. The van der Waals surface area contributed by atoms with Crippen LogP contribution in [0.2, 0.25) is 0 Å². The van der Waals surface area contributed by atoms with E-state index in [0.717, 1.165) is 6.92 Å². The van der Waals surface area contributed by atoms with Gasteiger partial charge in [-0.2, -0.15) is 8.78 Å². The molecule has 2 aliphatic rings. The van der Waals surface area contributed by atoms with Crippen LogP contribution in [0.3, 0.4) is 0 Å². The largest absolute Gasteiger partial charge is 0.353 e. The zero-order chi connectivity index (χ0) is 28.6. The van der Waals surface area contributed by atoms with Gasteiger partial charge in [0.2, 0.25) is 0 Å². The number of nitrogens with one attached hydrogen (secondary N) is 2. The average Bonchev–Trinajstić information content (AvgIpc) is 3.15. The van der Waals surface area contributed by atoms with Crippen LogP contribution in [0.4, 0.5) is 33.6 Å². The average molecular weight is 567 g/mol. The first kappa shape index (κ1) is 30.0. The molecule has 0 spiro atoms. The predicted octanol–water partition coefficient (Wildman–Crippen LogP) is 3.49. The molecular weight excluding hydrogens is 538 g/mol. The van der Waals surface area contributed by atoms with E-state index in [4.69, 9.17) is 4.98 Å². The van der Waals surface area contributed by atoms with Gasteiger partial charge in [-0.3, -0.25) is 9.38 Å². The highest BCUT2D eigenvalue weighted by atomic mass is 31.0. The van der Waals surface area contributed by atoms with E-state index in [1.165, 1.54) is 18.6 Å². The van der Waals surface area contributed by atoms with Gasteiger partial charge in [0, 0.05) is 62.2 Å². The summed E-state index contributed by atoms with van der Waals surface area (Å²) in [6.07, 6.45) is 4.93. The van der Waals surface area contributed by atoms with Crippen LogP contribution in [-0.2, 0) is 0 Å². The third-order valence-corrected chi connectivity index (χ3v) is 5.96. The number of aliphatic imine (C=N–C) groups is 2. The first-order chi connectivity index (χ1) is 18.7. The lowest BCUT2D eigenvalue weighted by atomic mass is 10.1. The molecule has 2 aromatic heterocycles. The predicted molar refractivity (Wildman–Crippen MR) is 148 cm³/mol. The van der Waals surface area contributed by atoms with E-state index >= 15 is 0 Å². The van der Waals surface area contributed by atoms with Crippen LogP contribution < -0.4 is 26.1 Å². The maximum absolute atomic E-state index is 14.7. The SMILES string of the molecule is C=N/C(Nc1cc(-c2nc(N3CCNCC3)c3c(n2)=CN=CCC=3C(F)(F)P)ccn1)=C(F)\C=C(/C)F.CF. The number of allylic oxidation sites excluding steroid dienone is 3. The third-order valence-electron chi connectivity index (χ3n) is 5.61. The van der Waals surface area contributed by atoms with Gasteiger partial charge in [0.25, 0.3) is 5.66 Å². The second-order valence-corrected chi connectivity index (χ2v) is 9.00. The van der Waals surface area contributed by atoms with Crippen LogP contribution in [0.15, 0.2) is 51.9 Å². The van der Waals surface area contributed by atoms with Crippen LogP contribution in [0.5, 0.6) is 0 Å². The second-order valence-electron chi connectivity index (χ2n) is 8.28. The minimum Gasteiger partial charge on any atom is -0.353 e. The number of aromatic nitrogens is 3. The number of halogens is 5. The summed E-state index contributed by atoms with van der Waals surface area (Å²) in [6, 6.07) is 3.18. The van der Waals surface area contributed by atoms with Gasteiger partial charge in [0.15, 0.2) is 17.5 Å². The molecule has 1 unspecified atom stereocenters. The van der Waals surface area contributed by atoms with Gasteiger partial charge in [-0.15, -0.1) is 0 Å². The first-order valence-electron chi connectivity index (χ1n) is 11.7. The molecular formula is C25H28F5N8P. The minimum absolute atomic E-state index is 0.0485. The van der Waals surface area contributed by atoms with Crippen molar-refractivity contribution in [1.29, 1.82) is 0 Å². The van der Waals surface area contributed by atoms with Gasteiger partial charge >= 0.3 is 0 Å². The maximum atomic E-state index is 14.7. The Morgan fingerprint density at radius 3 is 2.59 bits per heavy atom. The Kier molecular flexibility index (Phi) is 10.4. The molecule has 0 aliphatic carbocycles. The van der Waals surface area contributed by atoms with E-state index in [2.05, 4.69) is 37.3 Å². The molecule has 14 heteroatoms. The summed E-state index contributed by atoms with van der Waals surface area (Å²) < 4.78 is 66.2. The van der Waals surface area contributed by atoms with Crippen molar-refractivity contribution >= 4 is 45.6 Å². The van der Waals surface area contributed by atoms with Crippen molar-refractivity contribution in [3.63, 3.8) is 0 Å². The van der Waals surface area contributed by atoms with E-state index < -0.39 is 17.3 Å². The molecule has 1 atom stereocenters. The van der Waals surface area contributed by atoms with E-state index in [0.29, 0.717) is 50.8 Å². The number of alkyl halides is 3. The molecule has 4 heterocycles. The smallest absolute Gasteiger partial charge is 0.281 e. The summed E-state index contributed by atoms with van der Waals surface area (Å²) >= 11 is 0. The summed E-state index contributed by atoms with van der Waals surface area (Å²) in [5.74, 6) is -1.22. The van der Waals surface area contributed by atoms with Crippen molar-refractivity contribution in [2.75, 3.05) is 43.6 Å². The molecule has 39 heavy (non-hydrogen) atoms. The number of hydrogen-bond donors (Lipinski definition) is 2. The van der Waals surface area contributed by atoms with Crippen molar-refractivity contribution in [2.45, 2.75) is 19.0 Å². The minimum atomic E-state index is -3.18. The highest BCUT2D eigenvalue weighted by molar-refractivity contribution is 7.19. The summed E-state index contributed by atoms with van der Waals surface area (Å²) in [7, 11) is 2.09. The molecule has 0 amide bonds. The van der Waals surface area contributed by atoms with Crippen LogP contribution in [0, 0.1) is 0 Å². The fourth-order valence-electron chi connectivity index (χ4n) is 3.93. The standard InChI is InChI=1S/C24H25F4N8P.CH3F/c1-14(25)11-17(26)22(29-2)34-19-12-15(3-6-32-19)21-33-18-13-31-5-4-16(24(27,28)37)20(18)23(35-21)36-9-7-30-8-10-36;1-2/h3,5-6,11-13,30H,2,4,7-10,37H2,1H3,(H,32,34);1H3/b14-11+,22-17-;. The van der Waals surface area contributed by atoms with Gasteiger partial charge in [-0.1, -0.05) is 9.24 Å². The van der Waals surface area contributed by atoms with Gasteiger partial charge in [-0.05, 0) is 25.8 Å². The van der Waals surface area contributed by atoms with Crippen molar-refractivity contribution < 1.29 is 22.0 Å². The number of rotatable bonds is 7. The van der Waals surface area contributed by atoms with Gasteiger partial charge in [0.05, 0.1) is 29.8 Å². The molecule has 1 saturated heterocycles. The second kappa shape index (κ2) is 13.5. The number of hydrogen-bond acceptors (Lipinski definition) is 8. The van der Waals surface area contributed by atoms with Crippen molar-refractivity contribution in [3.8, 4) is 11.4 Å². The molecule has 8 nitrogen and oxygen atoms in total. The molecule has 0 bridgehead atoms. The topological polar surface area (TPSA) is 90.7 Å². The highest BCUT2D eigenvalue weighted by Gasteiger charge is 2.31. The maximum Gasteiger partial charge on any atom is 0.281 e. The Morgan fingerprint density at radius 1 is 1.23 bits per heavy atom. The molecule has 0 saturated carbocycles. The van der Waals surface area contributed by atoms with Crippen molar-refractivity contribution in [1.82, 2.24) is 20.3 Å². The quantitative estimate of drug-likeness (QED) is 0.231. The summed E-state index contributed by atoms with van der Waals surface area (Å²) in [6.45, 7) is 6.89. The Hall–Kier alpha value is -3.57. The molecule has 2 aliphatic heterocycles. The Bertz CT molecular complexity index is 1410. The van der Waals surface area contributed by atoms with Crippen LogP contribution >= 0.6 is 9.24 Å². The van der Waals surface area contributed by atoms with E-state index in [9.17, 15) is 22.0 Å². The zero-order valence-corrected chi connectivity index (χ0v) is 22.5. The fourth-order valence-corrected chi connectivity index (χ4v) is 4.19. The summed E-state index contributed by atoms with van der Waals surface area (Å²) in [5.41, 5.74) is -2.84. The summed E-state index contributed by atoms with van der Waals surface area (Å²) in [5, 5.41) is 6.43.